The van der Waals surface area contributed by atoms with E-state index >= 15 is 0 Å². The average Bonchev–Trinajstić information content (AvgIpc) is 2.54. The summed E-state index contributed by atoms with van der Waals surface area (Å²) in [6.45, 7) is 2.59. The highest BCUT2D eigenvalue weighted by Crippen LogP contribution is 2.15. The maximum absolute atomic E-state index is 12.0. The minimum atomic E-state index is -0.0356. The predicted molar refractivity (Wildman–Crippen MR) is 84.0 cm³/mol. The molecule has 3 nitrogen and oxygen atoms in total. The second-order valence-corrected chi connectivity index (χ2v) is 4.43. The first-order chi connectivity index (χ1) is 10.2. The lowest BCUT2D eigenvalue weighted by molar-refractivity contribution is 0.104. The lowest BCUT2D eigenvalue weighted by Gasteiger charge is -2.02. The molecule has 2 rings (SSSR count). The van der Waals surface area contributed by atoms with Crippen molar-refractivity contribution in [3.05, 3.63) is 65.7 Å². The van der Waals surface area contributed by atoms with Crippen LogP contribution in [0.15, 0.2) is 54.6 Å². The first-order valence-corrected chi connectivity index (χ1v) is 6.82. The van der Waals surface area contributed by atoms with Crippen molar-refractivity contribution in [1.29, 1.82) is 0 Å². The van der Waals surface area contributed by atoms with E-state index in [9.17, 15) is 4.79 Å². The summed E-state index contributed by atoms with van der Waals surface area (Å²) in [5.74, 6) is 1.53. The van der Waals surface area contributed by atoms with Crippen LogP contribution in [0.3, 0.4) is 0 Å². The van der Waals surface area contributed by atoms with Crippen LogP contribution in [0.1, 0.15) is 22.8 Å². The minimum absolute atomic E-state index is 0.0356. The van der Waals surface area contributed by atoms with Gasteiger partial charge in [-0.25, -0.2) is 0 Å². The molecular weight excluding hydrogens is 264 g/mol. The number of benzene rings is 2. The fourth-order valence-electron chi connectivity index (χ4n) is 1.87. The van der Waals surface area contributed by atoms with Gasteiger partial charge in [0, 0.05) is 5.56 Å². The highest BCUT2D eigenvalue weighted by molar-refractivity contribution is 6.06. The van der Waals surface area contributed by atoms with Crippen LogP contribution in [0.4, 0.5) is 0 Å². The molecule has 2 aromatic rings. The van der Waals surface area contributed by atoms with Crippen LogP contribution >= 0.6 is 0 Å². The summed E-state index contributed by atoms with van der Waals surface area (Å²) in [6.07, 6.45) is 3.36. The number of carbonyl (C=O) groups is 1. The zero-order chi connectivity index (χ0) is 15.1. The fourth-order valence-corrected chi connectivity index (χ4v) is 1.87. The standard InChI is InChI=1S/C18H18O3/c1-3-21-17-9-4-14(5-10-17)6-13-18(19)15-7-11-16(20-2)12-8-15/h4-13H,3H2,1-2H3. The van der Waals surface area contributed by atoms with Gasteiger partial charge in [-0.1, -0.05) is 18.2 Å². The molecule has 0 N–H and O–H groups in total. The van der Waals surface area contributed by atoms with Crippen LogP contribution in [-0.2, 0) is 0 Å². The Morgan fingerprint density at radius 2 is 1.62 bits per heavy atom. The van der Waals surface area contributed by atoms with Crippen molar-refractivity contribution < 1.29 is 14.3 Å². The highest BCUT2D eigenvalue weighted by atomic mass is 16.5. The molecule has 21 heavy (non-hydrogen) atoms. The number of carbonyl (C=O) groups excluding carboxylic acids is 1. The van der Waals surface area contributed by atoms with Gasteiger partial charge in [0.1, 0.15) is 11.5 Å². The van der Waals surface area contributed by atoms with E-state index in [2.05, 4.69) is 0 Å². The Labute approximate surface area is 124 Å². The second kappa shape index (κ2) is 7.29. The number of ketones is 1. The van der Waals surface area contributed by atoms with E-state index in [1.165, 1.54) is 0 Å². The molecule has 0 spiro atoms. The van der Waals surface area contributed by atoms with Crippen LogP contribution in [-0.4, -0.2) is 19.5 Å². The second-order valence-electron chi connectivity index (χ2n) is 4.43. The van der Waals surface area contributed by atoms with E-state index in [-0.39, 0.29) is 5.78 Å². The Kier molecular flexibility index (Phi) is 5.16. The Balaban J connectivity index is 2.03. The lowest BCUT2D eigenvalue weighted by atomic mass is 10.1. The van der Waals surface area contributed by atoms with Crippen LogP contribution in [0.5, 0.6) is 11.5 Å². The van der Waals surface area contributed by atoms with Gasteiger partial charge in [-0.3, -0.25) is 4.79 Å². The normalized spacial score (nSPS) is 10.6. The summed E-state index contributed by atoms with van der Waals surface area (Å²) >= 11 is 0. The van der Waals surface area contributed by atoms with Gasteiger partial charge in [-0.15, -0.1) is 0 Å². The number of rotatable bonds is 6. The van der Waals surface area contributed by atoms with Crippen molar-refractivity contribution in [2.75, 3.05) is 13.7 Å². The molecule has 0 bridgehead atoms. The first kappa shape index (κ1) is 14.9. The molecule has 0 aliphatic rings. The van der Waals surface area contributed by atoms with Gasteiger partial charge >= 0.3 is 0 Å². The zero-order valence-corrected chi connectivity index (χ0v) is 12.2. The Hall–Kier alpha value is -2.55. The first-order valence-electron chi connectivity index (χ1n) is 6.82. The predicted octanol–water partition coefficient (Wildman–Crippen LogP) is 3.99. The number of allylic oxidation sites excluding steroid dienone is 1. The maximum Gasteiger partial charge on any atom is 0.185 e. The van der Waals surface area contributed by atoms with Gasteiger partial charge in [-0.05, 0) is 55.0 Å². The molecule has 0 saturated carbocycles. The topological polar surface area (TPSA) is 35.5 Å². The third-order valence-corrected chi connectivity index (χ3v) is 2.99. The quantitative estimate of drug-likeness (QED) is 0.593. The largest absolute Gasteiger partial charge is 0.497 e. The Morgan fingerprint density at radius 3 is 2.19 bits per heavy atom. The van der Waals surface area contributed by atoms with Crippen molar-refractivity contribution in [2.45, 2.75) is 6.92 Å². The molecule has 0 aliphatic heterocycles. The van der Waals surface area contributed by atoms with E-state index in [1.54, 1.807) is 43.5 Å². The molecule has 0 radical (unpaired) electrons. The molecule has 0 atom stereocenters. The Bertz CT molecular complexity index is 610. The molecule has 0 unspecified atom stereocenters. The Morgan fingerprint density at radius 1 is 1.00 bits per heavy atom. The minimum Gasteiger partial charge on any atom is -0.497 e. The van der Waals surface area contributed by atoms with E-state index in [1.807, 2.05) is 31.2 Å². The average molecular weight is 282 g/mol. The maximum atomic E-state index is 12.0. The SMILES string of the molecule is CCOc1ccc(C=CC(=O)c2ccc(OC)cc2)cc1. The van der Waals surface area contributed by atoms with Gasteiger partial charge in [0.25, 0.3) is 0 Å². The van der Waals surface area contributed by atoms with Gasteiger partial charge in [0.2, 0.25) is 0 Å². The molecule has 0 saturated heterocycles. The molecule has 3 heteroatoms. The monoisotopic (exact) mass is 282 g/mol. The summed E-state index contributed by atoms with van der Waals surface area (Å²) < 4.78 is 10.4. The number of methoxy groups -OCH3 is 1. The molecule has 0 heterocycles. The van der Waals surface area contributed by atoms with Crippen LogP contribution in [0.25, 0.3) is 6.08 Å². The molecule has 2 aromatic carbocycles. The molecule has 0 aliphatic carbocycles. The molecular formula is C18H18O3. The van der Waals surface area contributed by atoms with Crippen molar-refractivity contribution in [3.8, 4) is 11.5 Å². The fraction of sp³-hybridized carbons (Fsp3) is 0.167. The van der Waals surface area contributed by atoms with Crippen molar-refractivity contribution >= 4 is 11.9 Å². The molecule has 0 aromatic heterocycles. The summed E-state index contributed by atoms with van der Waals surface area (Å²) in [7, 11) is 1.60. The van der Waals surface area contributed by atoms with Gasteiger partial charge in [-0.2, -0.15) is 0 Å². The number of hydrogen-bond donors (Lipinski definition) is 0. The third kappa shape index (κ3) is 4.21. The summed E-state index contributed by atoms with van der Waals surface area (Å²) in [5, 5.41) is 0. The van der Waals surface area contributed by atoms with Gasteiger partial charge in [0.15, 0.2) is 5.78 Å². The van der Waals surface area contributed by atoms with Crippen molar-refractivity contribution in [3.63, 3.8) is 0 Å². The highest BCUT2D eigenvalue weighted by Gasteiger charge is 2.01. The lowest BCUT2D eigenvalue weighted by Crippen LogP contribution is -1.94. The van der Waals surface area contributed by atoms with E-state index in [4.69, 9.17) is 9.47 Å². The van der Waals surface area contributed by atoms with Gasteiger partial charge < -0.3 is 9.47 Å². The van der Waals surface area contributed by atoms with Crippen molar-refractivity contribution in [2.24, 2.45) is 0 Å². The molecule has 0 amide bonds. The summed E-state index contributed by atoms with van der Waals surface area (Å²) in [5.41, 5.74) is 1.60. The molecule has 0 fully saturated rings. The number of hydrogen-bond acceptors (Lipinski definition) is 3. The van der Waals surface area contributed by atoms with Crippen molar-refractivity contribution in [1.82, 2.24) is 0 Å². The zero-order valence-electron chi connectivity index (χ0n) is 12.2. The van der Waals surface area contributed by atoms with Crippen LogP contribution < -0.4 is 9.47 Å². The van der Waals surface area contributed by atoms with E-state index in [0.29, 0.717) is 12.2 Å². The smallest absolute Gasteiger partial charge is 0.185 e. The van der Waals surface area contributed by atoms with E-state index < -0.39 is 0 Å². The van der Waals surface area contributed by atoms with E-state index in [0.717, 1.165) is 17.1 Å². The third-order valence-electron chi connectivity index (χ3n) is 2.99. The van der Waals surface area contributed by atoms with Crippen LogP contribution in [0.2, 0.25) is 0 Å². The summed E-state index contributed by atoms with van der Waals surface area (Å²) in [6, 6.07) is 14.7. The summed E-state index contributed by atoms with van der Waals surface area (Å²) in [4.78, 5) is 12.0. The van der Waals surface area contributed by atoms with Gasteiger partial charge in [0.05, 0.1) is 13.7 Å². The molecule has 108 valence electrons. The van der Waals surface area contributed by atoms with Crippen LogP contribution in [0, 0.1) is 0 Å². The number of ether oxygens (including phenoxy) is 2.